The summed E-state index contributed by atoms with van der Waals surface area (Å²) in [5, 5.41) is 0. The van der Waals surface area contributed by atoms with Crippen molar-refractivity contribution in [3.63, 3.8) is 0 Å². The molecule has 86 valence electrons. The standard InChI is InChI=1S/C13H7BrFIO/c14-11-7-9(4-5-12(11)15)13(17)8-2-1-3-10(16)6-8/h1-7H. The smallest absolute Gasteiger partial charge is 0.193 e. The summed E-state index contributed by atoms with van der Waals surface area (Å²) in [6.07, 6.45) is 0. The minimum Gasteiger partial charge on any atom is -0.289 e. The summed E-state index contributed by atoms with van der Waals surface area (Å²) in [5.41, 5.74) is 1.08. The van der Waals surface area contributed by atoms with E-state index in [1.807, 2.05) is 12.1 Å². The predicted octanol–water partition coefficient (Wildman–Crippen LogP) is 4.42. The summed E-state index contributed by atoms with van der Waals surface area (Å²) in [5.74, 6) is -0.478. The van der Waals surface area contributed by atoms with E-state index >= 15 is 0 Å². The van der Waals surface area contributed by atoms with Gasteiger partial charge in [0.1, 0.15) is 5.82 Å². The SMILES string of the molecule is O=C(c1cccc(I)c1)c1ccc(F)c(Br)c1. The Hall–Kier alpha value is -0.750. The number of carbonyl (C=O) groups is 1. The molecule has 0 bridgehead atoms. The lowest BCUT2D eigenvalue weighted by Crippen LogP contribution is -2.01. The van der Waals surface area contributed by atoms with E-state index in [-0.39, 0.29) is 11.6 Å². The molecule has 0 spiro atoms. The Bertz CT molecular complexity index is 583. The molecule has 0 atom stereocenters. The monoisotopic (exact) mass is 404 g/mol. The van der Waals surface area contributed by atoms with E-state index in [9.17, 15) is 9.18 Å². The van der Waals surface area contributed by atoms with Crippen LogP contribution in [-0.4, -0.2) is 5.78 Å². The molecule has 1 nitrogen and oxygen atoms in total. The third-order valence-electron chi connectivity index (χ3n) is 2.27. The molecule has 0 aliphatic rings. The normalized spacial score (nSPS) is 10.3. The van der Waals surface area contributed by atoms with Crippen LogP contribution in [0.15, 0.2) is 46.9 Å². The zero-order valence-electron chi connectivity index (χ0n) is 8.58. The molecular formula is C13H7BrFIO. The van der Waals surface area contributed by atoms with E-state index in [0.717, 1.165) is 3.57 Å². The third-order valence-corrected chi connectivity index (χ3v) is 3.55. The number of hydrogen-bond acceptors (Lipinski definition) is 1. The van der Waals surface area contributed by atoms with Gasteiger partial charge in [-0.3, -0.25) is 4.79 Å². The fourth-order valence-corrected chi connectivity index (χ4v) is 2.36. The number of ketones is 1. The highest BCUT2D eigenvalue weighted by Crippen LogP contribution is 2.19. The van der Waals surface area contributed by atoms with Crippen LogP contribution in [0.4, 0.5) is 4.39 Å². The zero-order valence-corrected chi connectivity index (χ0v) is 12.3. The first kappa shape index (κ1) is 12.7. The summed E-state index contributed by atoms with van der Waals surface area (Å²) < 4.78 is 14.4. The van der Waals surface area contributed by atoms with Crippen LogP contribution in [-0.2, 0) is 0 Å². The summed E-state index contributed by atoms with van der Waals surface area (Å²) >= 11 is 5.22. The fourth-order valence-electron chi connectivity index (χ4n) is 1.43. The van der Waals surface area contributed by atoms with Gasteiger partial charge in [0.2, 0.25) is 0 Å². The van der Waals surface area contributed by atoms with Crippen LogP contribution in [0.25, 0.3) is 0 Å². The number of halogens is 3. The highest BCUT2D eigenvalue weighted by atomic mass is 127. The average Bonchev–Trinajstić information content (AvgIpc) is 2.32. The molecule has 0 aliphatic carbocycles. The van der Waals surface area contributed by atoms with Crippen LogP contribution in [0.2, 0.25) is 0 Å². The topological polar surface area (TPSA) is 17.1 Å². The number of benzene rings is 2. The van der Waals surface area contributed by atoms with E-state index in [2.05, 4.69) is 38.5 Å². The van der Waals surface area contributed by atoms with Crippen molar-refractivity contribution in [2.75, 3.05) is 0 Å². The first-order valence-corrected chi connectivity index (χ1v) is 6.70. The van der Waals surface area contributed by atoms with E-state index in [1.165, 1.54) is 18.2 Å². The Morgan fingerprint density at radius 1 is 1.12 bits per heavy atom. The fraction of sp³-hybridized carbons (Fsp3) is 0. The van der Waals surface area contributed by atoms with E-state index in [1.54, 1.807) is 12.1 Å². The van der Waals surface area contributed by atoms with Gasteiger partial charge in [-0.05, 0) is 68.9 Å². The molecule has 4 heteroatoms. The molecule has 0 amide bonds. The molecule has 0 fully saturated rings. The molecule has 2 rings (SSSR count). The summed E-state index contributed by atoms with van der Waals surface area (Å²) in [4.78, 5) is 12.1. The van der Waals surface area contributed by atoms with Crippen LogP contribution in [0, 0.1) is 9.39 Å². The van der Waals surface area contributed by atoms with Crippen molar-refractivity contribution in [2.45, 2.75) is 0 Å². The molecule has 17 heavy (non-hydrogen) atoms. The van der Waals surface area contributed by atoms with E-state index in [4.69, 9.17) is 0 Å². The van der Waals surface area contributed by atoms with Crippen molar-refractivity contribution in [3.05, 3.63) is 67.5 Å². The van der Waals surface area contributed by atoms with Crippen LogP contribution < -0.4 is 0 Å². The van der Waals surface area contributed by atoms with Crippen molar-refractivity contribution in [1.82, 2.24) is 0 Å². The molecule has 0 saturated heterocycles. The lowest BCUT2D eigenvalue weighted by Gasteiger charge is -2.03. The Balaban J connectivity index is 2.40. The summed E-state index contributed by atoms with van der Waals surface area (Å²) in [7, 11) is 0. The zero-order chi connectivity index (χ0) is 12.4. The summed E-state index contributed by atoms with van der Waals surface area (Å²) in [6.45, 7) is 0. The van der Waals surface area contributed by atoms with Gasteiger partial charge in [-0.25, -0.2) is 4.39 Å². The number of hydrogen-bond donors (Lipinski definition) is 0. The van der Waals surface area contributed by atoms with Gasteiger partial charge in [-0.15, -0.1) is 0 Å². The second-order valence-electron chi connectivity index (χ2n) is 3.47. The molecule has 0 unspecified atom stereocenters. The van der Waals surface area contributed by atoms with Gasteiger partial charge >= 0.3 is 0 Å². The van der Waals surface area contributed by atoms with Crippen LogP contribution in [0.3, 0.4) is 0 Å². The van der Waals surface area contributed by atoms with Gasteiger partial charge in [-0.2, -0.15) is 0 Å². The Labute approximate surface area is 120 Å². The van der Waals surface area contributed by atoms with Crippen LogP contribution in [0.5, 0.6) is 0 Å². The van der Waals surface area contributed by atoms with Gasteiger partial charge in [0, 0.05) is 14.7 Å². The molecule has 0 aliphatic heterocycles. The van der Waals surface area contributed by atoms with Crippen molar-refractivity contribution >= 4 is 44.3 Å². The summed E-state index contributed by atoms with van der Waals surface area (Å²) in [6, 6.07) is 11.6. The highest BCUT2D eigenvalue weighted by Gasteiger charge is 2.11. The van der Waals surface area contributed by atoms with Gasteiger partial charge in [0.05, 0.1) is 4.47 Å². The Morgan fingerprint density at radius 2 is 1.82 bits per heavy atom. The minimum atomic E-state index is -0.371. The average molecular weight is 405 g/mol. The predicted molar refractivity (Wildman–Crippen MR) is 76.7 cm³/mol. The maximum absolute atomic E-state index is 13.1. The Morgan fingerprint density at radius 3 is 2.47 bits per heavy atom. The van der Waals surface area contributed by atoms with Crippen molar-refractivity contribution in [1.29, 1.82) is 0 Å². The molecule has 0 radical (unpaired) electrons. The van der Waals surface area contributed by atoms with E-state index < -0.39 is 0 Å². The molecular weight excluding hydrogens is 398 g/mol. The second kappa shape index (κ2) is 5.27. The van der Waals surface area contributed by atoms with Gasteiger partial charge < -0.3 is 0 Å². The van der Waals surface area contributed by atoms with Crippen molar-refractivity contribution in [2.24, 2.45) is 0 Å². The van der Waals surface area contributed by atoms with Crippen molar-refractivity contribution < 1.29 is 9.18 Å². The molecule has 2 aromatic carbocycles. The second-order valence-corrected chi connectivity index (χ2v) is 5.57. The number of rotatable bonds is 2. The lowest BCUT2D eigenvalue weighted by molar-refractivity contribution is 0.103. The van der Waals surface area contributed by atoms with Gasteiger partial charge in [-0.1, -0.05) is 12.1 Å². The van der Waals surface area contributed by atoms with Gasteiger partial charge in [0.25, 0.3) is 0 Å². The largest absolute Gasteiger partial charge is 0.289 e. The quantitative estimate of drug-likeness (QED) is 0.534. The number of carbonyl (C=O) groups excluding carboxylic acids is 1. The van der Waals surface area contributed by atoms with Crippen LogP contribution >= 0.6 is 38.5 Å². The third kappa shape index (κ3) is 2.93. The highest BCUT2D eigenvalue weighted by molar-refractivity contribution is 14.1. The lowest BCUT2D eigenvalue weighted by atomic mass is 10.0. The maximum atomic E-state index is 13.1. The van der Waals surface area contributed by atoms with Crippen LogP contribution in [0.1, 0.15) is 15.9 Å². The molecule has 0 aromatic heterocycles. The Kier molecular flexibility index (Phi) is 3.93. The minimum absolute atomic E-state index is 0.107. The molecule has 2 aromatic rings. The first-order chi connectivity index (χ1) is 8.08. The first-order valence-electron chi connectivity index (χ1n) is 4.83. The maximum Gasteiger partial charge on any atom is 0.193 e. The van der Waals surface area contributed by atoms with E-state index in [0.29, 0.717) is 15.6 Å². The van der Waals surface area contributed by atoms with Crippen molar-refractivity contribution in [3.8, 4) is 0 Å². The molecule has 0 saturated carbocycles. The van der Waals surface area contributed by atoms with Gasteiger partial charge in [0.15, 0.2) is 5.78 Å². The molecule has 0 N–H and O–H groups in total. The molecule has 0 heterocycles.